The van der Waals surface area contributed by atoms with Crippen molar-refractivity contribution in [3.05, 3.63) is 0 Å². The summed E-state index contributed by atoms with van der Waals surface area (Å²) in [6.07, 6.45) is 3.80. The topological polar surface area (TPSA) is 17.1 Å². The second-order valence-corrected chi connectivity index (χ2v) is 4.84. The Balaban J connectivity index is 3.60. The van der Waals surface area contributed by atoms with Crippen molar-refractivity contribution < 1.29 is 4.21 Å². The van der Waals surface area contributed by atoms with Gasteiger partial charge in [-0.2, -0.15) is 0 Å². The molecular weight excluding hydrogens is 104 g/mol. The maximum Gasteiger partial charge on any atom is 0.120 e. The van der Waals surface area contributed by atoms with Gasteiger partial charge in [0.2, 0.25) is 0 Å². The Morgan fingerprint density at radius 3 is 1.80 bits per heavy atom. The summed E-state index contributed by atoms with van der Waals surface area (Å²) in [6, 6.07) is 0. The minimum atomic E-state index is 0.0386. The van der Waals surface area contributed by atoms with Crippen LogP contribution in [0.25, 0.3) is 0 Å². The summed E-state index contributed by atoms with van der Waals surface area (Å²) < 4.78 is 9.56. The Morgan fingerprint density at radius 2 is 1.80 bits per heavy atom. The van der Waals surface area contributed by atoms with Gasteiger partial charge in [0.1, 0.15) is 10.2 Å². The maximum atomic E-state index is 9.56. The Hall–Kier alpha value is 0.370. The van der Waals surface area contributed by atoms with Crippen molar-refractivity contribution in [3.63, 3.8) is 0 Å². The normalized spacial score (nSPS) is 8.60. The Morgan fingerprint density at radius 1 is 1.60 bits per heavy atom. The van der Waals surface area contributed by atoms with Gasteiger partial charge in [0.05, 0.1) is 0 Å². The molecule has 0 unspecified atom stereocenters. The molecule has 0 aliphatic heterocycles. The van der Waals surface area contributed by atoms with Gasteiger partial charge in [-0.25, -0.2) is 4.21 Å². The molecule has 0 saturated carbocycles. The van der Waals surface area contributed by atoms with E-state index in [1.165, 1.54) is 0 Å². The molecule has 3 heteroatoms. The van der Waals surface area contributed by atoms with Gasteiger partial charge >= 0.3 is 0 Å². The molecule has 0 amide bonds. The third-order valence-corrected chi connectivity index (χ3v) is 1.22. The van der Waals surface area contributed by atoms with E-state index < -0.39 is 0 Å². The Labute approximate surface area is 37.1 Å². The zero-order valence-corrected chi connectivity index (χ0v) is 4.86. The van der Waals surface area contributed by atoms with E-state index >= 15 is 0 Å². The van der Waals surface area contributed by atoms with Crippen LogP contribution >= 0.6 is 0 Å². The van der Waals surface area contributed by atoms with E-state index in [0.717, 1.165) is 0 Å². The molecular formula is C2H6OS2. The summed E-state index contributed by atoms with van der Waals surface area (Å²) in [5.74, 6) is 0. The minimum absolute atomic E-state index is 0.0386. The largest absolute Gasteiger partial charge is 0.205 e. The lowest BCUT2D eigenvalue weighted by Crippen LogP contribution is -1.71. The quantitative estimate of drug-likeness (QED) is 0.429. The molecule has 0 spiro atoms. The van der Waals surface area contributed by atoms with E-state index in [-0.39, 0.29) is 9.45 Å². The highest BCUT2D eigenvalue weighted by Gasteiger charge is 1.58. The van der Waals surface area contributed by atoms with Gasteiger partial charge in [-0.3, -0.25) is 0 Å². The molecule has 0 aromatic carbocycles. The van der Waals surface area contributed by atoms with Gasteiger partial charge in [0.15, 0.2) is 0 Å². The van der Waals surface area contributed by atoms with Crippen LogP contribution in [0.4, 0.5) is 0 Å². The molecule has 5 heavy (non-hydrogen) atoms. The third kappa shape index (κ3) is 4.37. The highest BCUT2D eigenvalue weighted by molar-refractivity contribution is 8.30. The Bertz CT molecular complexity index is 67.7. The second-order valence-electron chi connectivity index (χ2n) is 0.810. The van der Waals surface area contributed by atoms with Crippen LogP contribution in [0.15, 0.2) is 0 Å². The van der Waals surface area contributed by atoms with E-state index in [1.54, 1.807) is 0 Å². The highest BCUT2D eigenvalue weighted by Crippen LogP contribution is 1.54. The van der Waals surface area contributed by atoms with Gasteiger partial charge in [-0.15, -0.1) is 0 Å². The number of hydrogen-bond donors (Lipinski definition) is 0. The summed E-state index contributed by atoms with van der Waals surface area (Å²) in [4.78, 5) is 0. The van der Waals surface area contributed by atoms with Crippen LogP contribution < -0.4 is 0 Å². The SMILES string of the molecule is CS(C)=S=O. The lowest BCUT2D eigenvalue weighted by molar-refractivity contribution is 0.701. The van der Waals surface area contributed by atoms with Crippen LogP contribution in [0.3, 0.4) is 0 Å². The van der Waals surface area contributed by atoms with Crippen molar-refractivity contribution in [1.29, 1.82) is 0 Å². The lowest BCUT2D eigenvalue weighted by Gasteiger charge is -1.66. The third-order valence-electron chi connectivity index (χ3n) is 0.136. The molecule has 32 valence electrons. The minimum Gasteiger partial charge on any atom is -0.205 e. The van der Waals surface area contributed by atoms with Gasteiger partial charge in [-0.1, -0.05) is 9.45 Å². The van der Waals surface area contributed by atoms with E-state index in [1.807, 2.05) is 12.5 Å². The first-order valence-corrected chi connectivity index (χ1v) is 4.45. The highest BCUT2D eigenvalue weighted by atomic mass is 32.8. The summed E-state index contributed by atoms with van der Waals surface area (Å²) in [5.41, 5.74) is 0. The molecule has 0 rings (SSSR count). The van der Waals surface area contributed by atoms with Crippen molar-refractivity contribution in [2.75, 3.05) is 12.5 Å². The molecule has 0 aromatic rings. The summed E-state index contributed by atoms with van der Waals surface area (Å²) in [6.45, 7) is 0. The zero-order valence-electron chi connectivity index (χ0n) is 3.22. The van der Waals surface area contributed by atoms with Crippen LogP contribution in [-0.2, 0) is 19.7 Å². The lowest BCUT2D eigenvalue weighted by atomic mass is 11.9. The Kier molecular flexibility index (Phi) is 2.79. The van der Waals surface area contributed by atoms with Crippen LogP contribution in [-0.4, -0.2) is 16.7 Å². The number of rotatable bonds is 0. The predicted octanol–water partition coefficient (Wildman–Crippen LogP) is -0.00770. The molecule has 0 aliphatic rings. The maximum absolute atomic E-state index is 9.56. The molecule has 0 atom stereocenters. The summed E-state index contributed by atoms with van der Waals surface area (Å²) in [5, 5.41) is 0. The molecule has 0 aliphatic carbocycles. The predicted molar refractivity (Wildman–Crippen MR) is 27.4 cm³/mol. The molecule has 0 fully saturated rings. The molecule has 1 nitrogen and oxygen atoms in total. The van der Waals surface area contributed by atoms with E-state index in [4.69, 9.17) is 0 Å². The first kappa shape index (κ1) is 5.37. The first-order chi connectivity index (χ1) is 2.27. The smallest absolute Gasteiger partial charge is 0.120 e. The van der Waals surface area contributed by atoms with Crippen LogP contribution in [0.5, 0.6) is 0 Å². The fourth-order valence-corrected chi connectivity index (χ4v) is 0. The van der Waals surface area contributed by atoms with Gasteiger partial charge < -0.3 is 0 Å². The van der Waals surface area contributed by atoms with Crippen LogP contribution in [0.2, 0.25) is 0 Å². The van der Waals surface area contributed by atoms with E-state index in [2.05, 4.69) is 0 Å². The van der Waals surface area contributed by atoms with Crippen LogP contribution in [0.1, 0.15) is 0 Å². The molecule has 0 heterocycles. The van der Waals surface area contributed by atoms with Crippen molar-refractivity contribution >= 4 is 19.7 Å². The van der Waals surface area contributed by atoms with Crippen molar-refractivity contribution in [1.82, 2.24) is 0 Å². The average molecular weight is 110 g/mol. The van der Waals surface area contributed by atoms with Gasteiger partial charge in [0.25, 0.3) is 0 Å². The van der Waals surface area contributed by atoms with E-state index in [9.17, 15) is 4.21 Å². The van der Waals surface area contributed by atoms with Crippen LogP contribution in [0, 0.1) is 0 Å². The molecule has 0 aromatic heterocycles. The van der Waals surface area contributed by atoms with Crippen molar-refractivity contribution in [2.45, 2.75) is 0 Å². The molecule has 0 N–H and O–H groups in total. The average Bonchev–Trinajstić information content (AvgIpc) is 1.38. The van der Waals surface area contributed by atoms with Crippen molar-refractivity contribution in [3.8, 4) is 0 Å². The van der Waals surface area contributed by atoms with Gasteiger partial charge in [-0.05, 0) is 12.5 Å². The standard InChI is InChI=1S/C2H6OS2/c1-5(2)4-3/h1-2H3. The van der Waals surface area contributed by atoms with Crippen molar-refractivity contribution in [2.24, 2.45) is 0 Å². The summed E-state index contributed by atoms with van der Waals surface area (Å²) >= 11 is 0. The fraction of sp³-hybridized carbons (Fsp3) is 1.00. The molecule has 0 radical (unpaired) electrons. The second kappa shape index (κ2) is 2.60. The van der Waals surface area contributed by atoms with Gasteiger partial charge in [0, 0.05) is 0 Å². The first-order valence-electron chi connectivity index (χ1n) is 1.15. The number of hydrogen-bond acceptors (Lipinski definition) is 1. The van der Waals surface area contributed by atoms with E-state index in [0.29, 0.717) is 10.2 Å². The summed E-state index contributed by atoms with van der Waals surface area (Å²) in [7, 11) is 0.696. The fourth-order valence-electron chi connectivity index (χ4n) is 0. The molecule has 0 saturated heterocycles. The zero-order chi connectivity index (χ0) is 4.28. The monoisotopic (exact) mass is 110 g/mol. The molecule has 0 bridgehead atoms.